The van der Waals surface area contributed by atoms with E-state index in [4.69, 9.17) is 4.74 Å². The van der Waals surface area contributed by atoms with Crippen molar-refractivity contribution in [1.82, 2.24) is 0 Å². The fourth-order valence-corrected chi connectivity index (χ4v) is 7.14. The number of rotatable bonds is 8. The number of nitrogens with zero attached hydrogens (tertiary/aromatic N) is 1. The van der Waals surface area contributed by atoms with Crippen LogP contribution >= 0.6 is 0 Å². The Bertz CT molecular complexity index is 1470. The standard InChI is InChI=1S/C30H28FNO4S/c1-36-26-18-19-27(28(33)20-26)30-29(9-5-6-21-10-14-24(31)15-11-21)37(34,35)32(30)25-16-12-23(13-17-25)22-7-3-2-4-8-22/h2-4,7-8,10-20,29-30,33H,5-6,9H2,1H3. The Balaban J connectivity index is 1.44. The van der Waals surface area contributed by atoms with Crippen LogP contribution in [-0.4, -0.2) is 25.9 Å². The Morgan fingerprint density at radius 3 is 2.22 bits per heavy atom. The number of benzene rings is 4. The normalized spacial score (nSPS) is 18.3. The predicted molar refractivity (Wildman–Crippen MR) is 144 cm³/mol. The lowest BCUT2D eigenvalue weighted by Crippen LogP contribution is -2.58. The monoisotopic (exact) mass is 517 g/mol. The first-order chi connectivity index (χ1) is 17.9. The van der Waals surface area contributed by atoms with Crippen LogP contribution in [-0.2, 0) is 16.4 Å². The van der Waals surface area contributed by atoms with Gasteiger partial charge in [-0.1, -0.05) is 54.6 Å². The van der Waals surface area contributed by atoms with Gasteiger partial charge in [-0.3, -0.25) is 4.31 Å². The number of halogens is 1. The van der Waals surface area contributed by atoms with Gasteiger partial charge in [0.1, 0.15) is 22.6 Å². The van der Waals surface area contributed by atoms with E-state index in [9.17, 15) is 17.9 Å². The van der Waals surface area contributed by atoms with Crippen molar-refractivity contribution in [2.45, 2.75) is 30.6 Å². The van der Waals surface area contributed by atoms with Gasteiger partial charge in [-0.2, -0.15) is 0 Å². The molecule has 37 heavy (non-hydrogen) atoms. The Hall–Kier alpha value is -3.84. The lowest BCUT2D eigenvalue weighted by Gasteiger charge is -2.48. The smallest absolute Gasteiger partial charge is 0.241 e. The summed E-state index contributed by atoms with van der Waals surface area (Å²) < 4.78 is 47.0. The van der Waals surface area contributed by atoms with E-state index in [1.807, 2.05) is 54.6 Å². The molecule has 2 unspecified atom stereocenters. The van der Waals surface area contributed by atoms with Gasteiger partial charge in [0, 0.05) is 11.6 Å². The number of aromatic hydroxyl groups is 1. The molecule has 4 aromatic rings. The fraction of sp³-hybridized carbons (Fsp3) is 0.200. The van der Waals surface area contributed by atoms with Gasteiger partial charge >= 0.3 is 0 Å². The van der Waals surface area contributed by atoms with Crippen LogP contribution in [0.25, 0.3) is 11.1 Å². The van der Waals surface area contributed by atoms with Crippen LogP contribution in [0.1, 0.15) is 30.0 Å². The van der Waals surface area contributed by atoms with Gasteiger partial charge in [-0.15, -0.1) is 0 Å². The van der Waals surface area contributed by atoms with Gasteiger partial charge < -0.3 is 9.84 Å². The zero-order valence-electron chi connectivity index (χ0n) is 20.4. The van der Waals surface area contributed by atoms with E-state index in [-0.39, 0.29) is 11.6 Å². The summed E-state index contributed by atoms with van der Waals surface area (Å²) in [5, 5.41) is 10.1. The molecular weight excluding hydrogens is 489 g/mol. The van der Waals surface area contributed by atoms with Gasteiger partial charge in [0.25, 0.3) is 0 Å². The minimum atomic E-state index is -3.65. The van der Waals surface area contributed by atoms with Crippen LogP contribution in [0.15, 0.2) is 97.1 Å². The number of aryl methyl sites for hydroxylation is 1. The highest BCUT2D eigenvalue weighted by atomic mass is 32.2. The lowest BCUT2D eigenvalue weighted by molar-refractivity contribution is 0.402. The van der Waals surface area contributed by atoms with Gasteiger partial charge in [0.05, 0.1) is 18.8 Å². The number of anilines is 1. The third kappa shape index (κ3) is 4.91. The molecule has 7 heteroatoms. The second-order valence-corrected chi connectivity index (χ2v) is 11.2. The van der Waals surface area contributed by atoms with Crippen molar-refractivity contribution in [1.29, 1.82) is 0 Å². The lowest BCUT2D eigenvalue weighted by atomic mass is 9.96. The Morgan fingerprint density at radius 1 is 0.892 bits per heavy atom. The highest BCUT2D eigenvalue weighted by Gasteiger charge is 2.54. The summed E-state index contributed by atoms with van der Waals surface area (Å²) in [7, 11) is -2.14. The zero-order valence-corrected chi connectivity index (χ0v) is 21.2. The average molecular weight is 518 g/mol. The summed E-state index contributed by atoms with van der Waals surface area (Å²) in [6.07, 6.45) is 1.66. The Morgan fingerprint density at radius 2 is 1.57 bits per heavy atom. The van der Waals surface area contributed by atoms with E-state index >= 15 is 0 Å². The topological polar surface area (TPSA) is 66.8 Å². The molecule has 0 spiro atoms. The molecule has 4 aromatic carbocycles. The summed E-state index contributed by atoms with van der Waals surface area (Å²) in [4.78, 5) is 0. The zero-order chi connectivity index (χ0) is 26.0. The fourth-order valence-electron chi connectivity index (χ4n) is 4.99. The number of hydrogen-bond donors (Lipinski definition) is 1. The predicted octanol–water partition coefficient (Wildman–Crippen LogP) is 6.49. The molecule has 0 amide bonds. The van der Waals surface area contributed by atoms with Gasteiger partial charge in [0.2, 0.25) is 10.0 Å². The van der Waals surface area contributed by atoms with E-state index in [2.05, 4.69) is 0 Å². The van der Waals surface area contributed by atoms with E-state index in [0.717, 1.165) is 16.7 Å². The number of methoxy groups -OCH3 is 1. The third-order valence-corrected chi connectivity index (χ3v) is 9.16. The molecule has 5 nitrogen and oxygen atoms in total. The van der Waals surface area contributed by atoms with E-state index < -0.39 is 21.3 Å². The molecule has 1 aliphatic heterocycles. The molecule has 1 aliphatic rings. The maximum Gasteiger partial charge on any atom is 0.241 e. The number of hydrogen-bond acceptors (Lipinski definition) is 4. The molecule has 0 bridgehead atoms. The number of sulfonamides is 1. The maximum atomic E-state index is 13.6. The van der Waals surface area contributed by atoms with Crippen molar-refractivity contribution in [2.75, 3.05) is 11.4 Å². The summed E-state index contributed by atoms with van der Waals surface area (Å²) in [5.74, 6) is 0.193. The highest BCUT2D eigenvalue weighted by molar-refractivity contribution is 7.95. The van der Waals surface area contributed by atoms with Gasteiger partial charge in [-0.25, -0.2) is 12.8 Å². The molecule has 0 aromatic heterocycles. The molecule has 1 saturated heterocycles. The van der Waals surface area contributed by atoms with Crippen molar-refractivity contribution in [3.05, 3.63) is 114 Å². The van der Waals surface area contributed by atoms with Gasteiger partial charge in [0.15, 0.2) is 0 Å². The molecule has 1 heterocycles. The van der Waals surface area contributed by atoms with Crippen LogP contribution in [0.2, 0.25) is 0 Å². The maximum absolute atomic E-state index is 13.6. The van der Waals surface area contributed by atoms with Crippen LogP contribution < -0.4 is 9.04 Å². The van der Waals surface area contributed by atoms with Crippen molar-refractivity contribution >= 4 is 15.7 Å². The van der Waals surface area contributed by atoms with Crippen molar-refractivity contribution in [3.8, 4) is 22.6 Å². The highest BCUT2D eigenvalue weighted by Crippen LogP contribution is 2.50. The SMILES string of the molecule is COc1ccc(C2C(CCCc3ccc(F)cc3)S(=O)(=O)N2c2ccc(-c3ccccc3)cc2)c(O)c1. The number of phenolic OH excluding ortho intramolecular Hbond substituents is 1. The molecule has 190 valence electrons. The van der Waals surface area contributed by atoms with Crippen LogP contribution in [0.3, 0.4) is 0 Å². The average Bonchev–Trinajstić information content (AvgIpc) is 2.91. The summed E-state index contributed by atoms with van der Waals surface area (Å²) >= 11 is 0. The second kappa shape index (κ2) is 10.3. The van der Waals surface area contributed by atoms with Crippen molar-refractivity contribution < 1.29 is 22.7 Å². The minimum Gasteiger partial charge on any atom is -0.507 e. The summed E-state index contributed by atoms with van der Waals surface area (Å²) in [6, 6.07) is 28.0. The van der Waals surface area contributed by atoms with E-state index in [1.165, 1.54) is 29.6 Å². The first-order valence-electron chi connectivity index (χ1n) is 12.2. The molecule has 0 radical (unpaired) electrons. The first-order valence-corrected chi connectivity index (χ1v) is 13.7. The first kappa shape index (κ1) is 24.8. The molecule has 1 N–H and O–H groups in total. The molecule has 5 rings (SSSR count). The van der Waals surface area contributed by atoms with Gasteiger partial charge in [-0.05, 0) is 72.4 Å². The quantitative estimate of drug-likeness (QED) is 0.290. The third-order valence-electron chi connectivity index (χ3n) is 6.91. The van der Waals surface area contributed by atoms with Crippen LogP contribution in [0.4, 0.5) is 10.1 Å². The number of ether oxygens (including phenoxy) is 1. The molecule has 0 aliphatic carbocycles. The van der Waals surface area contributed by atoms with Crippen LogP contribution in [0.5, 0.6) is 11.5 Å². The molecule has 1 fully saturated rings. The summed E-state index contributed by atoms with van der Waals surface area (Å²) in [6.45, 7) is 0. The van der Waals surface area contributed by atoms with Crippen LogP contribution in [0, 0.1) is 5.82 Å². The molecule has 0 saturated carbocycles. The van der Waals surface area contributed by atoms with Crippen molar-refractivity contribution in [2.24, 2.45) is 0 Å². The Labute approximate surface area is 216 Å². The molecule has 2 atom stereocenters. The van der Waals surface area contributed by atoms with E-state index in [1.54, 1.807) is 24.3 Å². The number of phenols is 1. The molecular formula is C30H28FNO4S. The second-order valence-electron chi connectivity index (χ2n) is 9.18. The largest absolute Gasteiger partial charge is 0.507 e. The van der Waals surface area contributed by atoms with E-state index in [0.29, 0.717) is 36.3 Å². The Kier molecular flexibility index (Phi) is 6.89. The minimum absolute atomic E-state index is 0.00584. The summed E-state index contributed by atoms with van der Waals surface area (Å²) in [5.41, 5.74) is 4.07. The van der Waals surface area contributed by atoms with Crippen molar-refractivity contribution in [3.63, 3.8) is 0 Å².